The van der Waals surface area contributed by atoms with Crippen LogP contribution in [0.25, 0.3) is 0 Å². The number of carbonyl (C=O) groups is 2. The number of hydrogen-bond donors (Lipinski definition) is 4. The van der Waals surface area contributed by atoms with E-state index in [2.05, 4.69) is 34.7 Å². The molecule has 0 saturated carbocycles. The molecule has 9 heteroatoms. The second kappa shape index (κ2) is 14.0. The maximum Gasteiger partial charge on any atom is 0.222 e. The van der Waals surface area contributed by atoms with Crippen LogP contribution >= 0.6 is 0 Å². The zero-order valence-corrected chi connectivity index (χ0v) is 17.2. The Bertz CT molecular complexity index is 517. The summed E-state index contributed by atoms with van der Waals surface area (Å²) in [7, 11) is 0. The fourth-order valence-electron chi connectivity index (χ4n) is 1.92. The maximum absolute atomic E-state index is 11.8. The first kappa shape index (κ1) is 24.8. The van der Waals surface area contributed by atoms with Gasteiger partial charge in [0, 0.05) is 13.0 Å². The van der Waals surface area contributed by atoms with Crippen LogP contribution in [0, 0.1) is 11.8 Å². The minimum absolute atomic E-state index is 0.0635. The van der Waals surface area contributed by atoms with Crippen LogP contribution in [0.15, 0.2) is 10.2 Å². The van der Waals surface area contributed by atoms with Crippen molar-refractivity contribution in [3.05, 3.63) is 0 Å². The van der Waals surface area contributed by atoms with Crippen LogP contribution in [-0.2, 0) is 14.3 Å². The van der Waals surface area contributed by atoms with Crippen molar-refractivity contribution in [1.29, 1.82) is 0 Å². The fraction of sp³-hybridized carbons (Fsp3) is 0.778. The lowest BCUT2D eigenvalue weighted by molar-refractivity contribution is -0.123. The van der Waals surface area contributed by atoms with E-state index in [-0.39, 0.29) is 55.0 Å². The first-order valence-electron chi connectivity index (χ1n) is 9.39. The van der Waals surface area contributed by atoms with Crippen LogP contribution in [0.5, 0.6) is 0 Å². The van der Waals surface area contributed by atoms with Gasteiger partial charge in [0.15, 0.2) is 0 Å². The third-order valence-electron chi connectivity index (χ3n) is 3.40. The number of ether oxygens (including phenoxy) is 1. The standard InChI is InChI=1S/C18H36N6O3/c1-12(2)6-7-27-14(5)9-18(26)22-11-16(20)24-23-15(19)10-21-17(25)8-13(3)4/h12-14H,6-11H2,1-5H3,(H2,19,23)(H2,20,24)(H,21,25)(H,22,26). The first-order chi connectivity index (χ1) is 12.6. The third-order valence-corrected chi connectivity index (χ3v) is 3.40. The molecule has 0 saturated heterocycles. The van der Waals surface area contributed by atoms with Gasteiger partial charge < -0.3 is 26.8 Å². The Hall–Kier alpha value is -2.16. The Balaban J connectivity index is 4.11. The Morgan fingerprint density at radius 3 is 1.78 bits per heavy atom. The molecular weight excluding hydrogens is 348 g/mol. The number of rotatable bonds is 13. The molecule has 0 fully saturated rings. The van der Waals surface area contributed by atoms with E-state index in [1.165, 1.54) is 0 Å². The highest BCUT2D eigenvalue weighted by molar-refractivity contribution is 5.90. The van der Waals surface area contributed by atoms with Crippen LogP contribution in [0.2, 0.25) is 0 Å². The molecule has 0 spiro atoms. The number of amidine groups is 2. The minimum Gasteiger partial charge on any atom is -0.384 e. The molecule has 9 nitrogen and oxygen atoms in total. The van der Waals surface area contributed by atoms with Gasteiger partial charge in [-0.2, -0.15) is 0 Å². The average Bonchev–Trinajstić information content (AvgIpc) is 2.55. The molecule has 0 aromatic heterocycles. The summed E-state index contributed by atoms with van der Waals surface area (Å²) in [6, 6.07) is 0. The van der Waals surface area contributed by atoms with E-state index < -0.39 is 0 Å². The molecule has 1 unspecified atom stereocenters. The van der Waals surface area contributed by atoms with Crippen molar-refractivity contribution in [3.8, 4) is 0 Å². The summed E-state index contributed by atoms with van der Waals surface area (Å²) in [5.41, 5.74) is 11.3. The van der Waals surface area contributed by atoms with Crippen molar-refractivity contribution >= 4 is 23.5 Å². The molecule has 156 valence electrons. The molecule has 1 atom stereocenters. The molecule has 6 N–H and O–H groups in total. The summed E-state index contributed by atoms with van der Waals surface area (Å²) in [6.07, 6.45) is 1.47. The van der Waals surface area contributed by atoms with Crippen LogP contribution in [-0.4, -0.2) is 49.3 Å². The molecule has 2 amide bonds. The van der Waals surface area contributed by atoms with Crippen molar-refractivity contribution in [2.45, 2.75) is 60.0 Å². The van der Waals surface area contributed by atoms with E-state index in [4.69, 9.17) is 16.2 Å². The number of carbonyl (C=O) groups excluding carboxylic acids is 2. The highest BCUT2D eigenvalue weighted by Gasteiger charge is 2.10. The minimum atomic E-state index is -0.178. The summed E-state index contributed by atoms with van der Waals surface area (Å²) in [6.45, 7) is 10.8. The van der Waals surface area contributed by atoms with Crippen molar-refractivity contribution in [2.75, 3.05) is 19.7 Å². The Morgan fingerprint density at radius 2 is 1.33 bits per heavy atom. The molecule has 0 aromatic rings. The van der Waals surface area contributed by atoms with E-state index in [0.29, 0.717) is 18.9 Å². The highest BCUT2D eigenvalue weighted by atomic mass is 16.5. The molecule has 0 radical (unpaired) electrons. The van der Waals surface area contributed by atoms with E-state index in [1.807, 2.05) is 20.8 Å². The van der Waals surface area contributed by atoms with Crippen molar-refractivity contribution in [1.82, 2.24) is 10.6 Å². The number of nitrogens with zero attached hydrogens (tertiary/aromatic N) is 2. The lowest BCUT2D eigenvalue weighted by Gasteiger charge is -2.13. The largest absolute Gasteiger partial charge is 0.384 e. The number of amides is 2. The van der Waals surface area contributed by atoms with E-state index >= 15 is 0 Å². The molecule has 0 bridgehead atoms. The zero-order valence-electron chi connectivity index (χ0n) is 17.2. The van der Waals surface area contributed by atoms with Gasteiger partial charge >= 0.3 is 0 Å². The molecular formula is C18H36N6O3. The highest BCUT2D eigenvalue weighted by Crippen LogP contribution is 2.03. The maximum atomic E-state index is 11.8. The van der Waals surface area contributed by atoms with Gasteiger partial charge in [-0.1, -0.05) is 27.7 Å². The smallest absolute Gasteiger partial charge is 0.222 e. The zero-order chi connectivity index (χ0) is 20.8. The van der Waals surface area contributed by atoms with Gasteiger partial charge in [0.2, 0.25) is 11.8 Å². The van der Waals surface area contributed by atoms with E-state index in [1.54, 1.807) is 0 Å². The number of nitrogens with two attached hydrogens (primary N) is 2. The van der Waals surface area contributed by atoms with Crippen molar-refractivity contribution in [2.24, 2.45) is 33.5 Å². The average molecular weight is 385 g/mol. The Labute approximate surface area is 162 Å². The molecule has 27 heavy (non-hydrogen) atoms. The Kier molecular flexibility index (Phi) is 12.8. The predicted molar refractivity (Wildman–Crippen MR) is 108 cm³/mol. The summed E-state index contributed by atoms with van der Waals surface area (Å²) >= 11 is 0. The van der Waals surface area contributed by atoms with Gasteiger partial charge in [0.25, 0.3) is 0 Å². The lowest BCUT2D eigenvalue weighted by atomic mass is 10.1. The molecule has 0 rings (SSSR count). The number of hydrogen-bond acceptors (Lipinski definition) is 5. The van der Waals surface area contributed by atoms with Gasteiger partial charge in [0.1, 0.15) is 11.7 Å². The van der Waals surface area contributed by atoms with E-state index in [9.17, 15) is 9.59 Å². The number of nitrogens with one attached hydrogen (secondary N) is 2. The lowest BCUT2D eigenvalue weighted by Crippen LogP contribution is -2.36. The van der Waals surface area contributed by atoms with Crippen LogP contribution in [0.1, 0.15) is 53.9 Å². The van der Waals surface area contributed by atoms with Gasteiger partial charge in [0.05, 0.1) is 25.6 Å². The summed E-state index contributed by atoms with van der Waals surface area (Å²) < 4.78 is 5.58. The monoisotopic (exact) mass is 384 g/mol. The SMILES string of the molecule is CC(C)CCOC(C)CC(=O)NC/C(N)=N/N=C(\N)CNC(=O)CC(C)C. The summed E-state index contributed by atoms with van der Waals surface area (Å²) in [4.78, 5) is 23.4. The Morgan fingerprint density at radius 1 is 0.852 bits per heavy atom. The summed E-state index contributed by atoms with van der Waals surface area (Å²) in [5, 5.41) is 12.8. The van der Waals surface area contributed by atoms with Gasteiger partial charge in [-0.05, 0) is 25.2 Å². The fourth-order valence-corrected chi connectivity index (χ4v) is 1.92. The van der Waals surface area contributed by atoms with Crippen LogP contribution in [0.3, 0.4) is 0 Å². The van der Waals surface area contributed by atoms with Gasteiger partial charge in [-0.25, -0.2) is 0 Å². The second-order valence-electron chi connectivity index (χ2n) is 7.40. The van der Waals surface area contributed by atoms with Crippen LogP contribution < -0.4 is 22.1 Å². The molecule has 0 aliphatic carbocycles. The molecule has 0 aromatic carbocycles. The predicted octanol–water partition coefficient (Wildman–Crippen LogP) is 0.736. The van der Waals surface area contributed by atoms with E-state index in [0.717, 1.165) is 6.42 Å². The molecule has 0 aliphatic rings. The molecule has 0 aliphatic heterocycles. The topological polar surface area (TPSA) is 144 Å². The molecule has 0 heterocycles. The quantitative estimate of drug-likeness (QED) is 0.210. The third kappa shape index (κ3) is 15.8. The summed E-state index contributed by atoms with van der Waals surface area (Å²) in [5.74, 6) is 0.809. The van der Waals surface area contributed by atoms with Crippen molar-refractivity contribution < 1.29 is 14.3 Å². The van der Waals surface area contributed by atoms with Gasteiger partial charge in [-0.3, -0.25) is 9.59 Å². The van der Waals surface area contributed by atoms with Crippen molar-refractivity contribution in [3.63, 3.8) is 0 Å². The normalized spacial score (nSPS) is 13.7. The first-order valence-corrected chi connectivity index (χ1v) is 9.39. The van der Waals surface area contributed by atoms with Gasteiger partial charge in [-0.15, -0.1) is 10.2 Å². The van der Waals surface area contributed by atoms with Crippen LogP contribution in [0.4, 0.5) is 0 Å². The second-order valence-corrected chi connectivity index (χ2v) is 7.40.